The molecule has 1 amide bonds. The molecule has 1 saturated carbocycles. The number of hydrogen-bond acceptors (Lipinski definition) is 10. The predicted molar refractivity (Wildman–Crippen MR) is 145 cm³/mol. The summed E-state index contributed by atoms with van der Waals surface area (Å²) in [7, 11) is -1.93. The van der Waals surface area contributed by atoms with E-state index in [0.29, 0.717) is 60.3 Å². The van der Waals surface area contributed by atoms with Gasteiger partial charge in [-0.3, -0.25) is 19.5 Å². The third-order valence-electron chi connectivity index (χ3n) is 6.38. The molecule has 204 valence electrons. The fourth-order valence-electron chi connectivity index (χ4n) is 4.29. The summed E-state index contributed by atoms with van der Waals surface area (Å²) < 4.78 is 39.1. The van der Waals surface area contributed by atoms with Crippen molar-refractivity contribution in [3.05, 3.63) is 47.6 Å². The minimum Gasteiger partial charge on any atom is -0.477 e. The number of anilines is 1. The van der Waals surface area contributed by atoms with Gasteiger partial charge in [0.2, 0.25) is 15.9 Å². The van der Waals surface area contributed by atoms with Crippen molar-refractivity contribution in [2.45, 2.75) is 56.7 Å². The molecule has 2 N–H and O–H groups in total. The number of rotatable bonds is 12. The third-order valence-corrected chi connectivity index (χ3v) is 9.27. The highest BCUT2D eigenvalue weighted by atomic mass is 32.2. The van der Waals surface area contributed by atoms with E-state index in [4.69, 9.17) is 9.47 Å². The summed E-state index contributed by atoms with van der Waals surface area (Å²) >= 11 is 1.18. The number of methoxy groups -OCH3 is 1. The van der Waals surface area contributed by atoms with Gasteiger partial charge in [0, 0.05) is 26.1 Å². The lowest BCUT2D eigenvalue weighted by Crippen LogP contribution is -2.45. The first-order valence-electron chi connectivity index (χ1n) is 12.4. The summed E-state index contributed by atoms with van der Waals surface area (Å²) in [4.78, 5) is 31.3. The molecule has 0 saturated heterocycles. The van der Waals surface area contributed by atoms with E-state index in [1.54, 1.807) is 31.6 Å². The Kier molecular flexibility index (Phi) is 8.90. The number of sulfonamides is 1. The first kappa shape index (κ1) is 27.9. The molecule has 1 fully saturated rings. The van der Waals surface area contributed by atoms with Crippen molar-refractivity contribution in [1.29, 1.82) is 0 Å². The van der Waals surface area contributed by atoms with Gasteiger partial charge in [0.05, 0.1) is 46.0 Å². The van der Waals surface area contributed by atoms with E-state index in [-0.39, 0.29) is 5.01 Å². The van der Waals surface area contributed by atoms with Crippen LogP contribution in [0.4, 0.5) is 5.69 Å². The molecule has 0 bridgehead atoms. The van der Waals surface area contributed by atoms with Crippen molar-refractivity contribution in [2.75, 3.05) is 25.0 Å². The van der Waals surface area contributed by atoms with Crippen LogP contribution in [0.25, 0.3) is 10.6 Å². The zero-order valence-corrected chi connectivity index (χ0v) is 23.3. The average Bonchev–Trinajstić information content (AvgIpc) is 3.61. The Morgan fingerprint density at radius 3 is 2.74 bits per heavy atom. The first-order chi connectivity index (χ1) is 18.2. The normalized spacial score (nSPS) is 15.7. The van der Waals surface area contributed by atoms with Crippen LogP contribution in [0.2, 0.25) is 0 Å². The van der Waals surface area contributed by atoms with E-state index < -0.39 is 26.7 Å². The van der Waals surface area contributed by atoms with Crippen molar-refractivity contribution >= 4 is 33.0 Å². The van der Waals surface area contributed by atoms with Gasteiger partial charge < -0.3 is 14.8 Å². The second-order valence-corrected chi connectivity index (χ2v) is 12.2. The van der Waals surface area contributed by atoms with Crippen molar-refractivity contribution in [3.8, 4) is 16.5 Å². The number of thiazole rings is 1. The molecule has 13 heteroatoms. The molecule has 1 aliphatic carbocycles. The Bertz CT molecular complexity index is 1360. The summed E-state index contributed by atoms with van der Waals surface area (Å²) in [6.07, 6.45) is 9.77. The molecule has 0 unspecified atom stereocenters. The molecule has 3 aromatic rings. The maximum atomic E-state index is 13.3. The van der Waals surface area contributed by atoms with Gasteiger partial charge in [-0.05, 0) is 45.2 Å². The minimum absolute atomic E-state index is 0.241. The molecule has 3 aromatic heterocycles. The highest BCUT2D eigenvalue weighted by Gasteiger charge is 2.33. The summed E-state index contributed by atoms with van der Waals surface area (Å²) in [5.41, 5.74) is 0.506. The van der Waals surface area contributed by atoms with Gasteiger partial charge in [-0.1, -0.05) is 12.8 Å². The van der Waals surface area contributed by atoms with Crippen LogP contribution in [0.1, 0.15) is 61.4 Å². The monoisotopic (exact) mass is 560 g/mol. The first-order valence-corrected chi connectivity index (χ1v) is 14.8. The van der Waals surface area contributed by atoms with Crippen LogP contribution in [0.15, 0.2) is 36.9 Å². The Labute approximate surface area is 226 Å². The zero-order valence-electron chi connectivity index (χ0n) is 21.6. The van der Waals surface area contributed by atoms with Crippen LogP contribution in [0.5, 0.6) is 5.88 Å². The van der Waals surface area contributed by atoms with E-state index in [9.17, 15) is 13.2 Å². The van der Waals surface area contributed by atoms with Crippen LogP contribution in [0, 0.1) is 0 Å². The van der Waals surface area contributed by atoms with Gasteiger partial charge in [0.15, 0.2) is 5.01 Å². The minimum atomic E-state index is -3.51. The van der Waals surface area contributed by atoms with E-state index in [2.05, 4.69) is 30.0 Å². The molecule has 4 rings (SSSR count). The van der Waals surface area contributed by atoms with Gasteiger partial charge >= 0.3 is 0 Å². The van der Waals surface area contributed by atoms with Gasteiger partial charge in [-0.2, -0.15) is 0 Å². The number of amides is 1. The smallest absolute Gasteiger partial charge is 0.281 e. The summed E-state index contributed by atoms with van der Waals surface area (Å²) in [5.74, 6) is -0.00133. The van der Waals surface area contributed by atoms with Crippen molar-refractivity contribution in [1.82, 2.24) is 25.3 Å². The maximum Gasteiger partial charge on any atom is 0.281 e. The van der Waals surface area contributed by atoms with E-state index in [0.717, 1.165) is 12.8 Å². The van der Waals surface area contributed by atoms with Crippen molar-refractivity contribution in [3.63, 3.8) is 0 Å². The van der Waals surface area contributed by atoms with Crippen LogP contribution >= 0.6 is 11.3 Å². The highest BCUT2D eigenvalue weighted by molar-refractivity contribution is 7.93. The molecule has 0 aliphatic heterocycles. The van der Waals surface area contributed by atoms with Crippen molar-refractivity contribution < 1.29 is 22.7 Å². The lowest BCUT2D eigenvalue weighted by atomic mass is 9.92. The van der Waals surface area contributed by atoms with Gasteiger partial charge in [-0.25, -0.2) is 18.4 Å². The Hall–Kier alpha value is -3.16. The summed E-state index contributed by atoms with van der Waals surface area (Å²) in [6, 6.07) is 3.27. The second kappa shape index (κ2) is 12.1. The molecule has 3 heterocycles. The molecule has 0 aromatic carbocycles. The molecule has 0 radical (unpaired) electrons. The number of ether oxygens (including phenoxy) is 2. The molecular weight excluding hydrogens is 528 g/mol. The Balaban J connectivity index is 1.54. The Morgan fingerprint density at radius 1 is 1.21 bits per heavy atom. The molecule has 11 nitrogen and oxygen atoms in total. The molecule has 1 aliphatic rings. The highest BCUT2D eigenvalue weighted by Crippen LogP contribution is 2.30. The van der Waals surface area contributed by atoms with Crippen molar-refractivity contribution in [2.24, 2.45) is 0 Å². The average molecular weight is 561 g/mol. The SMILES string of the molecule is CCOc1cncc(-c2cnc(C(=O)N[C@@](C)(CCOC)c3cc(NS(=O)(=O)C4CCCC4)ccn3)s2)n1. The number of pyridine rings is 1. The van der Waals surface area contributed by atoms with Crippen LogP contribution in [-0.4, -0.2) is 59.8 Å². The lowest BCUT2D eigenvalue weighted by Gasteiger charge is -2.30. The topological polar surface area (TPSA) is 145 Å². The molecule has 38 heavy (non-hydrogen) atoms. The molecular formula is C25H32N6O5S2. The van der Waals surface area contributed by atoms with Crippen LogP contribution < -0.4 is 14.8 Å². The Morgan fingerprint density at radius 2 is 2.00 bits per heavy atom. The summed E-state index contributed by atoms with van der Waals surface area (Å²) in [6.45, 7) is 4.50. The van der Waals surface area contributed by atoms with E-state index in [1.165, 1.54) is 23.7 Å². The largest absolute Gasteiger partial charge is 0.477 e. The number of aromatic nitrogens is 4. The van der Waals surface area contributed by atoms with Gasteiger partial charge in [0.25, 0.3) is 5.91 Å². The summed E-state index contributed by atoms with van der Waals surface area (Å²) in [5, 5.41) is 2.88. The quantitative estimate of drug-likeness (QED) is 0.338. The molecule has 1 atom stereocenters. The van der Waals surface area contributed by atoms with Crippen LogP contribution in [-0.2, 0) is 20.3 Å². The lowest BCUT2D eigenvalue weighted by molar-refractivity contribution is 0.0869. The number of carbonyl (C=O) groups is 1. The fraction of sp³-hybridized carbons (Fsp3) is 0.480. The van der Waals surface area contributed by atoms with E-state index >= 15 is 0 Å². The number of carbonyl (C=O) groups excluding carboxylic acids is 1. The number of hydrogen-bond donors (Lipinski definition) is 2. The number of nitrogens with zero attached hydrogens (tertiary/aromatic N) is 4. The third kappa shape index (κ3) is 6.63. The van der Waals surface area contributed by atoms with Gasteiger partial charge in [0.1, 0.15) is 5.69 Å². The number of nitrogens with one attached hydrogen (secondary N) is 2. The molecule has 0 spiro atoms. The maximum absolute atomic E-state index is 13.3. The van der Waals surface area contributed by atoms with Gasteiger partial charge in [-0.15, -0.1) is 11.3 Å². The fourth-order valence-corrected chi connectivity index (χ4v) is 6.63. The van der Waals surface area contributed by atoms with E-state index in [1.807, 2.05) is 13.8 Å². The zero-order chi connectivity index (χ0) is 27.2. The standard InChI is InChI=1S/C25H32N6O5S2/c1-4-36-22-16-26-14-19(29-22)20-15-28-24(37-20)23(32)30-25(2,10-12-35-3)21-13-17(9-11-27-21)31-38(33,34)18-7-5-6-8-18/h9,11,13-16,18H,4-8,10,12H2,1-3H3,(H,27,31)(H,30,32)/t25-/m0/s1. The predicted octanol–water partition coefficient (Wildman–Crippen LogP) is 3.76. The second-order valence-electron chi connectivity index (χ2n) is 9.22. The van der Waals surface area contributed by atoms with Crippen LogP contribution in [0.3, 0.4) is 0 Å².